The molecule has 1 amide bonds. The predicted molar refractivity (Wildman–Crippen MR) is 136 cm³/mol. The number of ether oxygens (including phenoxy) is 1. The van der Waals surface area contributed by atoms with Gasteiger partial charge in [0.05, 0.1) is 22.1 Å². The summed E-state index contributed by atoms with van der Waals surface area (Å²) >= 11 is 0. The molecule has 8 nitrogen and oxygen atoms in total. The average Bonchev–Trinajstić information content (AvgIpc) is 3.37. The van der Waals surface area contributed by atoms with Crippen molar-refractivity contribution in [3.8, 4) is 11.1 Å². The van der Waals surface area contributed by atoms with Gasteiger partial charge in [0.1, 0.15) is 6.61 Å². The van der Waals surface area contributed by atoms with Crippen LogP contribution in [0, 0.1) is 10.1 Å². The third-order valence-corrected chi connectivity index (χ3v) is 7.73. The smallest absolute Gasteiger partial charge is 0.410 e. The Morgan fingerprint density at radius 3 is 2.27 bits per heavy atom. The third-order valence-electron chi connectivity index (χ3n) is 7.73. The highest BCUT2D eigenvalue weighted by Crippen LogP contribution is 2.45. The van der Waals surface area contributed by atoms with Crippen LogP contribution in [0.1, 0.15) is 52.2 Å². The summed E-state index contributed by atoms with van der Waals surface area (Å²) in [5.41, 5.74) is 5.43. The summed E-state index contributed by atoms with van der Waals surface area (Å²) < 4.78 is 5.89. The van der Waals surface area contributed by atoms with Crippen LogP contribution in [0.3, 0.4) is 0 Å². The molecule has 2 unspecified atom stereocenters. The van der Waals surface area contributed by atoms with Crippen LogP contribution in [0.15, 0.2) is 72.8 Å². The number of carboxylic acids is 1. The lowest BCUT2D eigenvalue weighted by atomic mass is 9.93. The Hall–Kier alpha value is -4.46. The van der Waals surface area contributed by atoms with E-state index in [0.29, 0.717) is 12.0 Å². The molecule has 8 heteroatoms. The molecule has 1 aliphatic carbocycles. The highest BCUT2D eigenvalue weighted by Gasteiger charge is 2.42. The van der Waals surface area contributed by atoms with Crippen molar-refractivity contribution >= 4 is 23.3 Å². The Morgan fingerprint density at radius 2 is 1.65 bits per heavy atom. The van der Waals surface area contributed by atoms with Crippen molar-refractivity contribution < 1.29 is 24.4 Å². The Balaban J connectivity index is 1.22. The fourth-order valence-electron chi connectivity index (χ4n) is 6.07. The van der Waals surface area contributed by atoms with Gasteiger partial charge in [0.2, 0.25) is 0 Å². The molecule has 1 saturated heterocycles. The van der Waals surface area contributed by atoms with E-state index in [4.69, 9.17) is 4.74 Å². The molecule has 0 aromatic heterocycles. The first kappa shape index (κ1) is 23.0. The summed E-state index contributed by atoms with van der Waals surface area (Å²) in [5, 5.41) is 20.9. The Kier molecular flexibility index (Phi) is 5.52. The zero-order valence-electron chi connectivity index (χ0n) is 19.9. The van der Waals surface area contributed by atoms with Gasteiger partial charge in [-0.1, -0.05) is 54.6 Å². The van der Waals surface area contributed by atoms with Gasteiger partial charge in [0, 0.05) is 18.0 Å². The Morgan fingerprint density at radius 1 is 0.973 bits per heavy atom. The van der Waals surface area contributed by atoms with E-state index in [-0.39, 0.29) is 42.0 Å². The molecule has 37 heavy (non-hydrogen) atoms. The van der Waals surface area contributed by atoms with E-state index >= 15 is 0 Å². The van der Waals surface area contributed by atoms with E-state index in [0.717, 1.165) is 35.6 Å². The normalized spacial score (nSPS) is 19.7. The number of carbonyl (C=O) groups is 2. The summed E-state index contributed by atoms with van der Waals surface area (Å²) in [4.78, 5) is 37.5. The van der Waals surface area contributed by atoms with E-state index in [1.165, 1.54) is 23.3 Å². The van der Waals surface area contributed by atoms with Gasteiger partial charge >= 0.3 is 12.1 Å². The molecule has 0 saturated carbocycles. The predicted octanol–water partition coefficient (Wildman–Crippen LogP) is 5.86. The molecule has 2 bridgehead atoms. The van der Waals surface area contributed by atoms with Crippen LogP contribution in [0.5, 0.6) is 0 Å². The fourth-order valence-corrected chi connectivity index (χ4v) is 6.07. The topological polar surface area (TPSA) is 110 Å². The summed E-state index contributed by atoms with van der Waals surface area (Å²) in [6, 6.07) is 20.0. The molecule has 3 aromatic rings. The molecule has 2 aliphatic heterocycles. The zero-order valence-corrected chi connectivity index (χ0v) is 19.9. The van der Waals surface area contributed by atoms with Crippen molar-refractivity contribution in [2.45, 2.75) is 37.3 Å². The molecular weight excluding hydrogens is 472 g/mol. The van der Waals surface area contributed by atoms with E-state index < -0.39 is 10.9 Å². The molecule has 2 atom stereocenters. The van der Waals surface area contributed by atoms with Crippen LogP contribution in [0.4, 0.5) is 10.5 Å². The summed E-state index contributed by atoms with van der Waals surface area (Å²) in [5.74, 6) is -1.24. The maximum atomic E-state index is 13.3. The molecule has 0 radical (unpaired) electrons. The first-order valence-electron chi connectivity index (χ1n) is 12.3. The van der Waals surface area contributed by atoms with Crippen molar-refractivity contribution in [1.29, 1.82) is 0 Å². The molecular formula is C29H24N2O6. The number of hydrogen-bond acceptors (Lipinski definition) is 5. The van der Waals surface area contributed by atoms with Crippen molar-refractivity contribution in [2.75, 3.05) is 6.61 Å². The van der Waals surface area contributed by atoms with Crippen LogP contribution in [-0.4, -0.2) is 45.7 Å². The van der Waals surface area contributed by atoms with Gasteiger partial charge in [-0.3, -0.25) is 15.0 Å². The number of fused-ring (bicyclic) bond motifs is 5. The summed E-state index contributed by atoms with van der Waals surface area (Å²) in [6.45, 7) is 0.238. The maximum absolute atomic E-state index is 13.3. The standard InChI is InChI=1S/C29H24N2O6/c32-28(33)17-9-12-21(27(15-17)31(35)36)18-13-19-10-11-20(14-18)30(19)29(34)37-16-26-24-7-3-1-5-22(24)23-6-2-4-8-25(23)26/h1-9,12-13,15,19-20,26H,10-11,14,16H2,(H,32,33). The third kappa shape index (κ3) is 3.85. The minimum atomic E-state index is -1.21. The molecule has 186 valence electrons. The average molecular weight is 497 g/mol. The summed E-state index contributed by atoms with van der Waals surface area (Å²) in [7, 11) is 0. The van der Waals surface area contributed by atoms with E-state index in [1.807, 2.05) is 30.3 Å². The molecule has 2 heterocycles. The second-order valence-corrected chi connectivity index (χ2v) is 9.70. The number of aromatic carboxylic acids is 1. The lowest BCUT2D eigenvalue weighted by Gasteiger charge is -2.33. The van der Waals surface area contributed by atoms with Crippen molar-refractivity contribution in [1.82, 2.24) is 4.90 Å². The van der Waals surface area contributed by atoms with Gasteiger partial charge < -0.3 is 9.84 Å². The maximum Gasteiger partial charge on any atom is 0.410 e. The Labute approximate surface area is 212 Å². The molecule has 1 N–H and O–H groups in total. The number of nitro benzene ring substituents is 1. The van der Waals surface area contributed by atoms with Crippen molar-refractivity contribution in [3.05, 3.63) is 105 Å². The number of nitrogens with zero attached hydrogens (tertiary/aromatic N) is 2. The second kappa shape index (κ2) is 8.89. The largest absolute Gasteiger partial charge is 0.478 e. The van der Waals surface area contributed by atoms with Crippen molar-refractivity contribution in [2.24, 2.45) is 0 Å². The summed E-state index contributed by atoms with van der Waals surface area (Å²) in [6.07, 6.45) is 3.50. The SMILES string of the molecule is O=C(O)c1ccc(C2=CC3CCC(C2)N3C(=O)OCC2c3ccccc3-c3ccccc32)c([N+](=O)[O-])c1. The monoisotopic (exact) mass is 496 g/mol. The van der Waals surface area contributed by atoms with Crippen molar-refractivity contribution in [3.63, 3.8) is 0 Å². The fraction of sp³-hybridized carbons (Fsp3) is 0.241. The quantitative estimate of drug-likeness (QED) is 0.350. The van der Waals surface area contributed by atoms with E-state index in [1.54, 1.807) is 4.90 Å². The first-order valence-corrected chi connectivity index (χ1v) is 12.3. The van der Waals surface area contributed by atoms with Crippen LogP contribution >= 0.6 is 0 Å². The Bertz CT molecular complexity index is 1430. The number of nitro groups is 1. The van der Waals surface area contributed by atoms with Crippen LogP contribution < -0.4 is 0 Å². The number of carbonyl (C=O) groups excluding carboxylic acids is 1. The number of benzene rings is 3. The van der Waals surface area contributed by atoms with Crippen LogP contribution in [-0.2, 0) is 4.74 Å². The highest BCUT2D eigenvalue weighted by atomic mass is 16.6. The van der Waals surface area contributed by atoms with E-state index in [2.05, 4.69) is 24.3 Å². The molecule has 1 fully saturated rings. The van der Waals surface area contributed by atoms with Gasteiger partial charge in [-0.25, -0.2) is 9.59 Å². The minimum Gasteiger partial charge on any atom is -0.478 e. The van der Waals surface area contributed by atoms with Gasteiger partial charge in [-0.15, -0.1) is 0 Å². The van der Waals surface area contributed by atoms with Crippen LogP contribution in [0.25, 0.3) is 16.7 Å². The lowest BCUT2D eigenvalue weighted by molar-refractivity contribution is -0.385. The highest BCUT2D eigenvalue weighted by molar-refractivity contribution is 5.90. The first-order chi connectivity index (χ1) is 17.9. The molecule has 3 aliphatic rings. The number of hydrogen-bond donors (Lipinski definition) is 1. The van der Waals surface area contributed by atoms with Crippen LogP contribution in [0.2, 0.25) is 0 Å². The number of amides is 1. The van der Waals surface area contributed by atoms with E-state index in [9.17, 15) is 24.8 Å². The van der Waals surface area contributed by atoms with Gasteiger partial charge in [-0.2, -0.15) is 0 Å². The minimum absolute atomic E-state index is 0.0275. The molecule has 3 aromatic carbocycles. The molecule has 0 spiro atoms. The van der Waals surface area contributed by atoms with Gasteiger partial charge in [-0.05, 0) is 59.2 Å². The second-order valence-electron chi connectivity index (χ2n) is 9.70. The lowest BCUT2D eigenvalue weighted by Crippen LogP contribution is -2.43. The van der Waals surface area contributed by atoms with Gasteiger partial charge in [0.25, 0.3) is 5.69 Å². The number of carboxylic acid groups (broad SMARTS) is 1. The molecule has 6 rings (SSSR count). The number of rotatable bonds is 5. The van der Waals surface area contributed by atoms with Gasteiger partial charge in [0.15, 0.2) is 0 Å². The zero-order chi connectivity index (χ0) is 25.7.